The molecule has 0 aliphatic carbocycles. The van der Waals surface area contributed by atoms with Crippen molar-refractivity contribution in [2.24, 2.45) is 0 Å². The lowest BCUT2D eigenvalue weighted by molar-refractivity contribution is -0.892. The Balaban J connectivity index is 1.54. The highest BCUT2D eigenvalue weighted by molar-refractivity contribution is 6.30. The fraction of sp³-hybridized carbons (Fsp3) is 0.300. The van der Waals surface area contributed by atoms with Crippen molar-refractivity contribution in [3.8, 4) is 0 Å². The van der Waals surface area contributed by atoms with Crippen LogP contribution in [0.5, 0.6) is 0 Å². The van der Waals surface area contributed by atoms with Gasteiger partial charge >= 0.3 is 5.97 Å². The summed E-state index contributed by atoms with van der Waals surface area (Å²) in [4.78, 5) is 27.7. The van der Waals surface area contributed by atoms with E-state index in [2.05, 4.69) is 10.2 Å². The van der Waals surface area contributed by atoms with Crippen LogP contribution in [-0.4, -0.2) is 51.7 Å². The SMILES string of the molecule is COC(=O)c1ccccc1NC(=O)C[NH+]1CCN(c2cccc(Cl)c2)CC1. The highest BCUT2D eigenvalue weighted by Gasteiger charge is 2.23. The van der Waals surface area contributed by atoms with Crippen LogP contribution in [0.1, 0.15) is 10.4 Å². The number of quaternary nitrogens is 1. The van der Waals surface area contributed by atoms with Gasteiger partial charge in [-0.2, -0.15) is 0 Å². The van der Waals surface area contributed by atoms with Crippen LogP contribution in [0.25, 0.3) is 0 Å². The number of halogens is 1. The first-order chi connectivity index (χ1) is 13.1. The molecule has 1 fully saturated rings. The van der Waals surface area contributed by atoms with E-state index in [1.54, 1.807) is 24.3 Å². The number of nitrogens with zero attached hydrogens (tertiary/aromatic N) is 1. The Bertz CT molecular complexity index is 820. The number of nitrogens with one attached hydrogen (secondary N) is 2. The fourth-order valence-electron chi connectivity index (χ4n) is 3.23. The average molecular weight is 389 g/mol. The van der Waals surface area contributed by atoms with E-state index in [1.165, 1.54) is 12.0 Å². The highest BCUT2D eigenvalue weighted by atomic mass is 35.5. The van der Waals surface area contributed by atoms with Crippen molar-refractivity contribution in [1.29, 1.82) is 0 Å². The van der Waals surface area contributed by atoms with Gasteiger partial charge in [0.05, 0.1) is 44.5 Å². The molecule has 0 spiro atoms. The summed E-state index contributed by atoms with van der Waals surface area (Å²) in [5, 5.41) is 3.56. The Hall–Kier alpha value is -2.57. The summed E-state index contributed by atoms with van der Waals surface area (Å²) in [7, 11) is 1.32. The van der Waals surface area contributed by atoms with Crippen LogP contribution in [-0.2, 0) is 9.53 Å². The van der Waals surface area contributed by atoms with Gasteiger partial charge in [0.2, 0.25) is 0 Å². The molecule has 2 aromatic carbocycles. The summed E-state index contributed by atoms with van der Waals surface area (Å²) in [5.41, 5.74) is 1.94. The zero-order valence-electron chi connectivity index (χ0n) is 15.2. The van der Waals surface area contributed by atoms with Gasteiger partial charge in [-0.3, -0.25) is 4.79 Å². The number of carbonyl (C=O) groups excluding carboxylic acids is 2. The van der Waals surface area contributed by atoms with E-state index in [0.717, 1.165) is 36.9 Å². The number of benzene rings is 2. The van der Waals surface area contributed by atoms with E-state index in [4.69, 9.17) is 16.3 Å². The molecule has 1 aliphatic rings. The van der Waals surface area contributed by atoms with Gasteiger partial charge in [-0.05, 0) is 30.3 Å². The number of piperazine rings is 1. The van der Waals surface area contributed by atoms with Gasteiger partial charge in [0.1, 0.15) is 0 Å². The van der Waals surface area contributed by atoms with Crippen LogP contribution in [0, 0.1) is 0 Å². The molecule has 0 unspecified atom stereocenters. The Morgan fingerprint density at radius 3 is 2.59 bits per heavy atom. The minimum absolute atomic E-state index is 0.113. The lowest BCUT2D eigenvalue weighted by Crippen LogP contribution is -3.15. The third-order valence-corrected chi connectivity index (χ3v) is 4.90. The molecule has 1 heterocycles. The quantitative estimate of drug-likeness (QED) is 0.761. The van der Waals surface area contributed by atoms with Crippen molar-refractivity contribution in [1.82, 2.24) is 0 Å². The minimum Gasteiger partial charge on any atom is -0.465 e. The molecule has 0 aromatic heterocycles. The lowest BCUT2D eigenvalue weighted by Gasteiger charge is -2.33. The molecule has 0 atom stereocenters. The number of amides is 1. The predicted molar refractivity (Wildman–Crippen MR) is 106 cm³/mol. The average Bonchev–Trinajstić information content (AvgIpc) is 2.68. The third-order valence-electron chi connectivity index (χ3n) is 4.66. The van der Waals surface area contributed by atoms with Crippen LogP contribution in [0.4, 0.5) is 11.4 Å². The zero-order chi connectivity index (χ0) is 19.2. The van der Waals surface area contributed by atoms with Crippen molar-refractivity contribution in [2.45, 2.75) is 0 Å². The molecular weight excluding hydrogens is 366 g/mol. The molecule has 0 saturated carbocycles. The monoisotopic (exact) mass is 388 g/mol. The molecule has 2 aromatic rings. The van der Waals surface area contributed by atoms with Gasteiger partial charge in [0.25, 0.3) is 5.91 Å². The van der Waals surface area contributed by atoms with Crippen molar-refractivity contribution in [3.05, 3.63) is 59.1 Å². The number of ether oxygens (including phenoxy) is 1. The van der Waals surface area contributed by atoms with E-state index < -0.39 is 5.97 Å². The van der Waals surface area contributed by atoms with Crippen molar-refractivity contribution < 1.29 is 19.2 Å². The van der Waals surface area contributed by atoms with E-state index in [-0.39, 0.29) is 5.91 Å². The molecule has 1 amide bonds. The first-order valence-electron chi connectivity index (χ1n) is 8.88. The summed E-state index contributed by atoms with van der Waals surface area (Å²) in [5.74, 6) is -0.578. The highest BCUT2D eigenvalue weighted by Crippen LogP contribution is 2.19. The summed E-state index contributed by atoms with van der Waals surface area (Å²) in [6.45, 7) is 3.81. The second-order valence-corrected chi connectivity index (χ2v) is 6.92. The fourth-order valence-corrected chi connectivity index (χ4v) is 3.42. The standard InChI is InChI=1S/C20H22ClN3O3/c1-27-20(26)17-7-2-3-8-18(17)22-19(25)14-23-9-11-24(12-10-23)16-6-4-5-15(21)13-16/h2-8,13H,9-12,14H2,1H3,(H,22,25)/p+1. The summed E-state index contributed by atoms with van der Waals surface area (Å²) in [6, 6.07) is 14.7. The van der Waals surface area contributed by atoms with Gasteiger partial charge in [0.15, 0.2) is 6.54 Å². The third kappa shape index (κ3) is 4.99. The van der Waals surface area contributed by atoms with Gasteiger partial charge in [0, 0.05) is 10.7 Å². The van der Waals surface area contributed by atoms with Crippen molar-refractivity contribution in [2.75, 3.05) is 50.1 Å². The predicted octanol–water partition coefficient (Wildman–Crippen LogP) is 1.47. The number of methoxy groups -OCH3 is 1. The maximum Gasteiger partial charge on any atom is 0.339 e. The van der Waals surface area contributed by atoms with Crippen molar-refractivity contribution in [3.63, 3.8) is 0 Å². The maximum absolute atomic E-state index is 12.4. The van der Waals surface area contributed by atoms with Crippen LogP contribution in [0.3, 0.4) is 0 Å². The number of carbonyl (C=O) groups is 2. The Morgan fingerprint density at radius 2 is 1.89 bits per heavy atom. The molecule has 0 radical (unpaired) electrons. The Labute approximate surface area is 163 Å². The van der Waals surface area contributed by atoms with Gasteiger partial charge < -0.3 is 19.9 Å². The number of esters is 1. The van der Waals surface area contributed by atoms with E-state index in [1.807, 2.05) is 24.3 Å². The van der Waals surface area contributed by atoms with Crippen LogP contribution in [0.15, 0.2) is 48.5 Å². The number of anilines is 2. The largest absolute Gasteiger partial charge is 0.465 e. The minimum atomic E-state index is -0.464. The zero-order valence-corrected chi connectivity index (χ0v) is 16.0. The first kappa shape index (κ1) is 19.2. The maximum atomic E-state index is 12.4. The van der Waals surface area contributed by atoms with E-state index in [9.17, 15) is 9.59 Å². The second-order valence-electron chi connectivity index (χ2n) is 6.48. The van der Waals surface area contributed by atoms with Crippen molar-refractivity contribution >= 4 is 34.9 Å². The lowest BCUT2D eigenvalue weighted by atomic mass is 10.2. The molecule has 7 heteroatoms. The smallest absolute Gasteiger partial charge is 0.339 e. The normalized spacial score (nSPS) is 14.7. The number of rotatable bonds is 5. The molecule has 2 N–H and O–H groups in total. The topological polar surface area (TPSA) is 63.1 Å². The van der Waals surface area contributed by atoms with E-state index >= 15 is 0 Å². The second kappa shape index (κ2) is 8.88. The van der Waals surface area contributed by atoms with Crippen LogP contribution in [0.2, 0.25) is 5.02 Å². The molecule has 1 saturated heterocycles. The Kier molecular flexibility index (Phi) is 6.32. The molecule has 6 nitrogen and oxygen atoms in total. The molecular formula is C20H23ClN3O3+. The Morgan fingerprint density at radius 1 is 1.15 bits per heavy atom. The summed E-state index contributed by atoms with van der Waals surface area (Å²) in [6.07, 6.45) is 0. The number of hydrogen-bond donors (Lipinski definition) is 2. The first-order valence-corrected chi connectivity index (χ1v) is 9.26. The molecule has 27 heavy (non-hydrogen) atoms. The van der Waals surface area contributed by atoms with Gasteiger partial charge in [-0.25, -0.2) is 4.79 Å². The molecule has 1 aliphatic heterocycles. The van der Waals surface area contributed by atoms with Crippen LogP contribution < -0.4 is 15.1 Å². The molecule has 142 valence electrons. The molecule has 3 rings (SSSR count). The molecule has 0 bridgehead atoms. The van der Waals surface area contributed by atoms with E-state index in [0.29, 0.717) is 17.8 Å². The van der Waals surface area contributed by atoms with Crippen LogP contribution >= 0.6 is 11.6 Å². The number of hydrogen-bond acceptors (Lipinski definition) is 4. The van der Waals surface area contributed by atoms with Gasteiger partial charge in [-0.1, -0.05) is 29.8 Å². The van der Waals surface area contributed by atoms with Gasteiger partial charge in [-0.15, -0.1) is 0 Å². The summed E-state index contributed by atoms with van der Waals surface area (Å²) >= 11 is 6.07. The summed E-state index contributed by atoms with van der Waals surface area (Å²) < 4.78 is 4.76. The number of para-hydroxylation sites is 1.